The molecule has 2 N–H and O–H groups in total. The molecule has 0 unspecified atom stereocenters. The van der Waals surface area contributed by atoms with Gasteiger partial charge in [-0.2, -0.15) is 0 Å². The highest BCUT2D eigenvalue weighted by Gasteiger charge is 2.38. The highest BCUT2D eigenvalue weighted by atomic mass is 32.2. The van der Waals surface area contributed by atoms with Gasteiger partial charge in [0.05, 0.1) is 4.53 Å². The van der Waals surface area contributed by atoms with E-state index in [4.69, 9.17) is 18.1 Å². The Morgan fingerprint density at radius 2 is 1.78 bits per heavy atom. The molecular formula is C27H26N4O2S3. The minimum absolute atomic E-state index is 0.126. The third-order valence-electron chi connectivity index (χ3n) is 6.75. The minimum atomic E-state index is -0.375. The Hall–Kier alpha value is -2.98. The van der Waals surface area contributed by atoms with Crippen molar-refractivity contribution < 1.29 is 4.79 Å². The number of carbonyl (C=O) groups excluding carboxylic acids is 1. The molecule has 36 heavy (non-hydrogen) atoms. The molecule has 2 aliphatic heterocycles. The van der Waals surface area contributed by atoms with Gasteiger partial charge in [0.1, 0.15) is 9.57 Å². The molecule has 0 saturated carbocycles. The van der Waals surface area contributed by atoms with E-state index in [1.54, 1.807) is 4.57 Å². The van der Waals surface area contributed by atoms with E-state index in [2.05, 4.69) is 56.1 Å². The number of hydrogen-bond donors (Lipinski definition) is 1. The minimum Gasteiger partial charge on any atom is -0.347 e. The van der Waals surface area contributed by atoms with Crippen molar-refractivity contribution in [3.05, 3.63) is 85.4 Å². The predicted octanol–water partition coefficient (Wildman–Crippen LogP) is 3.53. The first-order valence-electron chi connectivity index (χ1n) is 11.6. The molecule has 1 amide bonds. The van der Waals surface area contributed by atoms with Crippen molar-refractivity contribution in [3.8, 4) is 11.1 Å². The monoisotopic (exact) mass is 534 g/mol. The maximum Gasteiger partial charge on any atom is 0.283 e. The number of anilines is 1. The summed E-state index contributed by atoms with van der Waals surface area (Å²) in [7, 11) is 2.06. The van der Waals surface area contributed by atoms with E-state index in [0.717, 1.165) is 28.2 Å². The Morgan fingerprint density at radius 1 is 1.06 bits per heavy atom. The van der Waals surface area contributed by atoms with Crippen molar-refractivity contribution in [2.45, 2.75) is 32.7 Å². The Morgan fingerprint density at radius 3 is 2.42 bits per heavy atom. The standard InChI is InChI=1S/C27H26N4O2S3/c1-5-30-23(32)20(35-25(30)22-24(33)31(28)26(34)36-22)13-14-21-27(2,3)18-15-17(11-12-19(18)29(21)4)16-9-7-6-8-10-16/h6-15H,5,28H2,1-4H3. The number of nitrogens with two attached hydrogens (primary N) is 1. The Kier molecular flexibility index (Phi) is 6.28. The third-order valence-corrected chi connectivity index (χ3v) is 9.42. The van der Waals surface area contributed by atoms with Crippen molar-refractivity contribution in [2.24, 2.45) is 5.84 Å². The normalized spacial score (nSPS) is 20.1. The summed E-state index contributed by atoms with van der Waals surface area (Å²) in [6.45, 7) is 6.74. The molecule has 3 aromatic rings. The Bertz CT molecular complexity index is 1620. The molecule has 0 atom stereocenters. The molecule has 1 fully saturated rings. The maximum atomic E-state index is 13.2. The second-order valence-corrected chi connectivity index (χ2v) is 11.9. The second kappa shape index (κ2) is 9.15. The Balaban J connectivity index is 1.61. The van der Waals surface area contributed by atoms with Gasteiger partial charge in [-0.05, 0) is 59.7 Å². The molecule has 0 radical (unpaired) electrons. The van der Waals surface area contributed by atoms with Gasteiger partial charge in [0.2, 0.25) is 0 Å². The van der Waals surface area contributed by atoms with Gasteiger partial charge in [0, 0.05) is 30.4 Å². The second-order valence-electron chi connectivity index (χ2n) is 9.19. The summed E-state index contributed by atoms with van der Waals surface area (Å²) in [4.78, 5) is 28.4. The number of benzene rings is 2. The van der Waals surface area contributed by atoms with E-state index in [9.17, 15) is 9.59 Å². The van der Waals surface area contributed by atoms with Crippen LogP contribution in [0.25, 0.3) is 22.1 Å². The average Bonchev–Trinajstić information content (AvgIpc) is 3.40. The molecule has 9 heteroatoms. The molecule has 6 nitrogen and oxygen atoms in total. The fraction of sp³-hybridized carbons (Fsp3) is 0.222. The number of likely N-dealkylation sites (N-methyl/N-ethyl adjacent to an activating group) is 1. The van der Waals surface area contributed by atoms with Crippen molar-refractivity contribution in [3.63, 3.8) is 0 Å². The highest BCUT2D eigenvalue weighted by Crippen LogP contribution is 2.48. The number of hydrogen-bond acceptors (Lipinski definition) is 7. The van der Waals surface area contributed by atoms with Crippen LogP contribution in [0.4, 0.5) is 5.69 Å². The van der Waals surface area contributed by atoms with Crippen molar-refractivity contribution in [2.75, 3.05) is 11.9 Å². The number of allylic oxidation sites excluding steroid dienone is 2. The maximum absolute atomic E-state index is 13.2. The zero-order valence-electron chi connectivity index (χ0n) is 20.4. The first kappa shape index (κ1) is 24.7. The van der Waals surface area contributed by atoms with Crippen LogP contribution in [-0.4, -0.2) is 26.9 Å². The zero-order chi connectivity index (χ0) is 25.8. The lowest BCUT2D eigenvalue weighted by Gasteiger charge is -2.23. The van der Waals surface area contributed by atoms with Gasteiger partial charge < -0.3 is 4.90 Å². The van der Waals surface area contributed by atoms with Crippen LogP contribution in [0, 0.1) is 0 Å². The average molecular weight is 535 g/mol. The molecule has 5 rings (SSSR count). The summed E-state index contributed by atoms with van der Waals surface area (Å²) in [6.07, 6.45) is 3.89. The number of thioether (sulfide) groups is 1. The van der Waals surface area contributed by atoms with Gasteiger partial charge in [-0.15, -0.1) is 11.3 Å². The van der Waals surface area contributed by atoms with Gasteiger partial charge in [-0.1, -0.05) is 62.5 Å². The molecule has 1 aromatic heterocycles. The van der Waals surface area contributed by atoms with Crippen LogP contribution < -0.4 is 25.5 Å². The van der Waals surface area contributed by atoms with Crippen LogP contribution in [0.1, 0.15) is 26.3 Å². The lowest BCUT2D eigenvalue weighted by Crippen LogP contribution is -2.36. The van der Waals surface area contributed by atoms with Gasteiger partial charge in [-0.25, -0.2) is 10.9 Å². The molecule has 3 heterocycles. The summed E-state index contributed by atoms with van der Waals surface area (Å²) >= 11 is 7.60. The van der Waals surface area contributed by atoms with Crippen LogP contribution in [0.15, 0.2) is 65.1 Å². The largest absolute Gasteiger partial charge is 0.347 e. The number of carbonyl (C=O) groups is 1. The van der Waals surface area contributed by atoms with Crippen molar-refractivity contribution in [1.82, 2.24) is 9.58 Å². The fourth-order valence-corrected chi connectivity index (χ4v) is 7.16. The number of aromatic nitrogens is 1. The van der Waals surface area contributed by atoms with Crippen LogP contribution in [-0.2, 0) is 16.8 Å². The molecule has 2 aliphatic rings. The van der Waals surface area contributed by atoms with E-state index in [-0.39, 0.29) is 21.2 Å². The number of nitrogens with zero attached hydrogens (tertiary/aromatic N) is 3. The molecular weight excluding hydrogens is 509 g/mol. The summed E-state index contributed by atoms with van der Waals surface area (Å²) in [5.41, 5.74) is 5.46. The topological polar surface area (TPSA) is 71.6 Å². The molecule has 2 aromatic carbocycles. The van der Waals surface area contributed by atoms with Crippen LogP contribution in [0.2, 0.25) is 0 Å². The summed E-state index contributed by atoms with van der Waals surface area (Å²) in [5, 5.41) is 0.960. The van der Waals surface area contributed by atoms with E-state index >= 15 is 0 Å². The van der Waals surface area contributed by atoms with Gasteiger partial charge in [-0.3, -0.25) is 14.2 Å². The summed E-state index contributed by atoms with van der Waals surface area (Å²) in [5.74, 6) is 5.38. The lowest BCUT2D eigenvalue weighted by molar-refractivity contribution is -0.120. The fourth-order valence-electron chi connectivity index (χ4n) is 4.80. The number of hydrazine groups is 1. The molecule has 1 saturated heterocycles. The first-order valence-corrected chi connectivity index (χ1v) is 13.6. The van der Waals surface area contributed by atoms with Gasteiger partial charge >= 0.3 is 0 Å². The molecule has 0 bridgehead atoms. The van der Waals surface area contributed by atoms with E-state index < -0.39 is 0 Å². The van der Waals surface area contributed by atoms with Crippen LogP contribution >= 0.6 is 35.3 Å². The smallest absolute Gasteiger partial charge is 0.283 e. The zero-order valence-corrected chi connectivity index (χ0v) is 22.9. The number of rotatable bonds is 3. The Labute approximate surface area is 223 Å². The van der Waals surface area contributed by atoms with Crippen LogP contribution in [0.5, 0.6) is 0 Å². The van der Waals surface area contributed by atoms with Crippen LogP contribution in [0.3, 0.4) is 0 Å². The third kappa shape index (κ3) is 3.87. The molecule has 0 spiro atoms. The van der Waals surface area contributed by atoms with E-state index in [0.29, 0.717) is 20.6 Å². The first-order chi connectivity index (χ1) is 17.1. The van der Waals surface area contributed by atoms with Crippen molar-refractivity contribution in [1.29, 1.82) is 0 Å². The molecule has 184 valence electrons. The SMILES string of the molecule is CCn1c(=C2SC(=S)N(N)C2=O)sc(=CC=C2N(C)c3ccc(-c4ccccc4)cc3C2(C)C)c1=O. The number of thiazole rings is 1. The number of amides is 1. The van der Waals surface area contributed by atoms with Crippen molar-refractivity contribution >= 4 is 62.2 Å². The highest BCUT2D eigenvalue weighted by molar-refractivity contribution is 8.30. The number of fused-ring (bicyclic) bond motifs is 1. The molecule has 0 aliphatic carbocycles. The lowest BCUT2D eigenvalue weighted by atomic mass is 9.82. The number of thiocarbonyl (C=S) groups is 1. The van der Waals surface area contributed by atoms with E-state index in [1.165, 1.54) is 28.0 Å². The quantitative estimate of drug-likeness (QED) is 0.315. The predicted molar refractivity (Wildman–Crippen MR) is 154 cm³/mol. The summed E-state index contributed by atoms with van der Waals surface area (Å²) < 4.78 is 3.05. The van der Waals surface area contributed by atoms with E-state index in [1.807, 2.05) is 37.3 Å². The van der Waals surface area contributed by atoms with Gasteiger partial charge in [0.15, 0.2) is 4.32 Å². The van der Waals surface area contributed by atoms with Gasteiger partial charge in [0.25, 0.3) is 11.5 Å². The summed E-state index contributed by atoms with van der Waals surface area (Å²) in [6, 6.07) is 16.9.